The Hall–Kier alpha value is -1.40. The number of nitrogens with two attached hydrogens (primary N) is 1. The van der Waals surface area contributed by atoms with Gasteiger partial charge in [-0.25, -0.2) is 10.8 Å². The van der Waals surface area contributed by atoms with Gasteiger partial charge in [-0.05, 0) is 26.8 Å². The van der Waals surface area contributed by atoms with Crippen LogP contribution in [0.5, 0.6) is 0 Å². The smallest absolute Gasteiger partial charge is 0.160 e. The fraction of sp³-hybridized carbons (Fsp3) is 0.636. The number of likely N-dealkylation sites (N-methyl/N-ethyl adjacent to an activating group) is 1. The molecule has 1 saturated carbocycles. The summed E-state index contributed by atoms with van der Waals surface area (Å²) in [5.74, 6) is 6.60. The summed E-state index contributed by atoms with van der Waals surface area (Å²) < 4.78 is 0. The molecule has 1 aromatic heterocycles. The predicted octanol–water partition coefficient (Wildman–Crippen LogP) is 0.657. The number of hydrogen-bond donors (Lipinski definition) is 3. The van der Waals surface area contributed by atoms with E-state index in [4.69, 9.17) is 5.84 Å². The van der Waals surface area contributed by atoms with Crippen molar-refractivity contribution in [2.75, 3.05) is 24.3 Å². The van der Waals surface area contributed by atoms with E-state index in [1.165, 1.54) is 12.8 Å². The van der Waals surface area contributed by atoms with E-state index >= 15 is 0 Å². The van der Waals surface area contributed by atoms with Gasteiger partial charge in [-0.2, -0.15) is 0 Å². The summed E-state index contributed by atoms with van der Waals surface area (Å²) in [6.07, 6.45) is 5.94. The zero-order valence-electron chi connectivity index (χ0n) is 10.3. The van der Waals surface area contributed by atoms with E-state index in [1.54, 1.807) is 12.4 Å². The fourth-order valence-corrected chi connectivity index (χ4v) is 1.76. The van der Waals surface area contributed by atoms with E-state index < -0.39 is 0 Å². The highest BCUT2D eigenvalue weighted by Gasteiger charge is 2.28. The van der Waals surface area contributed by atoms with E-state index in [0.717, 1.165) is 18.4 Å². The fourth-order valence-electron chi connectivity index (χ4n) is 1.76. The molecule has 1 aliphatic rings. The van der Waals surface area contributed by atoms with E-state index in [1.807, 2.05) is 0 Å². The molecule has 94 valence electrons. The number of rotatable bonds is 6. The van der Waals surface area contributed by atoms with Gasteiger partial charge in [-0.3, -0.25) is 9.88 Å². The lowest BCUT2D eigenvalue weighted by Crippen LogP contribution is -2.36. The van der Waals surface area contributed by atoms with Crippen LogP contribution in [0.2, 0.25) is 0 Å². The van der Waals surface area contributed by atoms with Crippen LogP contribution >= 0.6 is 0 Å². The Bertz CT molecular complexity index is 365. The first-order chi connectivity index (χ1) is 8.20. The maximum Gasteiger partial charge on any atom is 0.160 e. The summed E-state index contributed by atoms with van der Waals surface area (Å²) in [7, 11) is 2.17. The van der Waals surface area contributed by atoms with Gasteiger partial charge in [-0.1, -0.05) is 0 Å². The molecule has 1 unspecified atom stereocenters. The van der Waals surface area contributed by atoms with Crippen LogP contribution < -0.4 is 16.6 Å². The number of nitrogens with zero attached hydrogens (tertiary/aromatic N) is 3. The summed E-state index contributed by atoms with van der Waals surface area (Å²) in [6.45, 7) is 3.07. The first kappa shape index (κ1) is 12.1. The molecule has 6 nitrogen and oxygen atoms in total. The molecule has 1 fully saturated rings. The summed E-state index contributed by atoms with van der Waals surface area (Å²) >= 11 is 0. The van der Waals surface area contributed by atoms with Crippen molar-refractivity contribution in [2.24, 2.45) is 5.84 Å². The molecule has 0 saturated heterocycles. The molecule has 4 N–H and O–H groups in total. The van der Waals surface area contributed by atoms with Crippen LogP contribution in [-0.4, -0.2) is 40.5 Å². The molecule has 0 bridgehead atoms. The summed E-state index contributed by atoms with van der Waals surface area (Å²) in [4.78, 5) is 10.7. The van der Waals surface area contributed by atoms with Gasteiger partial charge in [0, 0.05) is 18.6 Å². The Morgan fingerprint density at radius 2 is 2.18 bits per heavy atom. The second-order valence-electron chi connectivity index (χ2n) is 4.56. The summed E-state index contributed by atoms with van der Waals surface area (Å²) in [5.41, 5.74) is 2.48. The quantitative estimate of drug-likeness (QED) is 0.497. The van der Waals surface area contributed by atoms with Crippen molar-refractivity contribution in [1.29, 1.82) is 0 Å². The summed E-state index contributed by atoms with van der Waals surface area (Å²) in [6, 6.07) is 1.26. The zero-order chi connectivity index (χ0) is 12.3. The molecule has 2 rings (SSSR count). The van der Waals surface area contributed by atoms with Crippen LogP contribution in [-0.2, 0) is 0 Å². The predicted molar refractivity (Wildman–Crippen MR) is 68.6 cm³/mol. The second kappa shape index (κ2) is 5.29. The van der Waals surface area contributed by atoms with Crippen LogP contribution in [0.1, 0.15) is 19.8 Å². The van der Waals surface area contributed by atoms with Crippen molar-refractivity contribution in [1.82, 2.24) is 14.9 Å². The molecule has 1 atom stereocenters. The summed E-state index contributed by atoms with van der Waals surface area (Å²) in [5, 5.41) is 3.27. The molecule has 0 amide bonds. The lowest BCUT2D eigenvalue weighted by Gasteiger charge is -2.24. The van der Waals surface area contributed by atoms with Gasteiger partial charge < -0.3 is 10.7 Å². The van der Waals surface area contributed by atoms with Gasteiger partial charge in [0.05, 0.1) is 12.4 Å². The van der Waals surface area contributed by atoms with Crippen molar-refractivity contribution in [3.05, 3.63) is 12.4 Å². The van der Waals surface area contributed by atoms with Gasteiger partial charge >= 0.3 is 0 Å². The van der Waals surface area contributed by atoms with Crippen LogP contribution in [0.15, 0.2) is 12.4 Å². The average molecular weight is 236 g/mol. The van der Waals surface area contributed by atoms with E-state index in [0.29, 0.717) is 11.9 Å². The van der Waals surface area contributed by atoms with Gasteiger partial charge in [0.15, 0.2) is 5.82 Å². The number of hydrogen-bond acceptors (Lipinski definition) is 6. The van der Waals surface area contributed by atoms with Gasteiger partial charge in [0.2, 0.25) is 0 Å². The molecule has 0 aliphatic heterocycles. The molecular weight excluding hydrogens is 216 g/mol. The van der Waals surface area contributed by atoms with Crippen molar-refractivity contribution in [3.63, 3.8) is 0 Å². The Balaban J connectivity index is 1.83. The SMILES string of the molecule is CC(CNc1cncc(NN)n1)N(C)C1CC1. The van der Waals surface area contributed by atoms with Crippen molar-refractivity contribution < 1.29 is 0 Å². The third-order valence-corrected chi connectivity index (χ3v) is 3.18. The van der Waals surface area contributed by atoms with Crippen LogP contribution in [0.25, 0.3) is 0 Å². The second-order valence-corrected chi connectivity index (χ2v) is 4.56. The van der Waals surface area contributed by atoms with Crippen LogP contribution in [0.3, 0.4) is 0 Å². The number of hydrazine groups is 1. The van der Waals surface area contributed by atoms with Crippen molar-refractivity contribution in [2.45, 2.75) is 31.8 Å². The van der Waals surface area contributed by atoms with Gasteiger partial charge in [0.25, 0.3) is 0 Å². The molecule has 1 aliphatic carbocycles. The Labute approximate surface area is 102 Å². The Morgan fingerprint density at radius 1 is 1.47 bits per heavy atom. The normalized spacial score (nSPS) is 16.9. The number of nitrogens with one attached hydrogen (secondary N) is 2. The largest absolute Gasteiger partial charge is 0.367 e. The minimum Gasteiger partial charge on any atom is -0.367 e. The Kier molecular flexibility index (Phi) is 3.75. The minimum absolute atomic E-state index is 0.485. The lowest BCUT2D eigenvalue weighted by molar-refractivity contribution is 0.257. The maximum absolute atomic E-state index is 5.28. The number of nitrogen functional groups attached to an aromatic ring is 1. The molecule has 0 radical (unpaired) electrons. The van der Waals surface area contributed by atoms with E-state index in [9.17, 15) is 0 Å². The molecule has 1 heterocycles. The van der Waals surface area contributed by atoms with Gasteiger partial charge in [0.1, 0.15) is 5.82 Å². The first-order valence-corrected chi connectivity index (χ1v) is 5.95. The highest BCUT2D eigenvalue weighted by molar-refractivity contribution is 5.40. The first-order valence-electron chi connectivity index (χ1n) is 5.95. The van der Waals surface area contributed by atoms with Crippen molar-refractivity contribution >= 4 is 11.6 Å². The molecule has 6 heteroatoms. The molecule has 0 spiro atoms. The lowest BCUT2D eigenvalue weighted by atomic mass is 10.3. The average Bonchev–Trinajstić information content (AvgIpc) is 3.19. The van der Waals surface area contributed by atoms with Crippen LogP contribution in [0, 0.1) is 0 Å². The number of anilines is 2. The monoisotopic (exact) mass is 236 g/mol. The molecule has 1 aromatic rings. The third kappa shape index (κ3) is 3.28. The van der Waals surface area contributed by atoms with E-state index in [-0.39, 0.29) is 0 Å². The highest BCUT2D eigenvalue weighted by atomic mass is 15.3. The number of aromatic nitrogens is 2. The minimum atomic E-state index is 0.485. The molecular formula is C11H20N6. The topological polar surface area (TPSA) is 79.1 Å². The third-order valence-electron chi connectivity index (χ3n) is 3.18. The Morgan fingerprint density at radius 3 is 2.82 bits per heavy atom. The van der Waals surface area contributed by atoms with Crippen LogP contribution in [0.4, 0.5) is 11.6 Å². The van der Waals surface area contributed by atoms with Gasteiger partial charge in [-0.15, -0.1) is 0 Å². The zero-order valence-corrected chi connectivity index (χ0v) is 10.3. The van der Waals surface area contributed by atoms with Crippen molar-refractivity contribution in [3.8, 4) is 0 Å². The standard InChI is InChI=1S/C11H20N6/c1-8(17(2)9-3-4-9)5-14-10-6-13-7-11(15-10)16-12/h6-9H,3-5,12H2,1-2H3,(H2,14,15,16). The van der Waals surface area contributed by atoms with E-state index in [2.05, 4.69) is 39.6 Å². The maximum atomic E-state index is 5.28. The highest BCUT2D eigenvalue weighted by Crippen LogP contribution is 2.26. The molecule has 0 aromatic carbocycles. The molecule has 17 heavy (non-hydrogen) atoms.